The molecule has 5 heteroatoms. The SMILES string of the molecule is C=COCCCNC(=O)c1ccc(N)c(Cl)c1. The van der Waals surface area contributed by atoms with Gasteiger partial charge in [0.05, 0.1) is 23.6 Å². The summed E-state index contributed by atoms with van der Waals surface area (Å²) in [5, 5.41) is 3.13. The van der Waals surface area contributed by atoms with Crippen LogP contribution in [0.5, 0.6) is 0 Å². The molecule has 0 unspecified atom stereocenters. The Morgan fingerprint density at radius 1 is 1.59 bits per heavy atom. The Balaban J connectivity index is 2.41. The first-order valence-electron chi connectivity index (χ1n) is 5.21. The van der Waals surface area contributed by atoms with Crippen molar-refractivity contribution >= 4 is 23.2 Å². The first-order valence-corrected chi connectivity index (χ1v) is 5.58. The summed E-state index contributed by atoms with van der Waals surface area (Å²) in [4.78, 5) is 11.7. The van der Waals surface area contributed by atoms with Crippen LogP contribution >= 0.6 is 11.6 Å². The Morgan fingerprint density at radius 3 is 3.00 bits per heavy atom. The van der Waals surface area contributed by atoms with Gasteiger partial charge >= 0.3 is 0 Å². The van der Waals surface area contributed by atoms with Gasteiger partial charge in [-0.3, -0.25) is 4.79 Å². The van der Waals surface area contributed by atoms with Crippen LogP contribution in [0.4, 0.5) is 5.69 Å². The molecule has 0 radical (unpaired) electrons. The number of anilines is 1. The highest BCUT2D eigenvalue weighted by Crippen LogP contribution is 2.19. The maximum atomic E-state index is 11.7. The lowest BCUT2D eigenvalue weighted by Gasteiger charge is -2.06. The number of nitrogens with one attached hydrogen (secondary N) is 1. The molecule has 1 aromatic carbocycles. The summed E-state index contributed by atoms with van der Waals surface area (Å²) in [7, 11) is 0. The van der Waals surface area contributed by atoms with E-state index in [0.717, 1.165) is 6.42 Å². The van der Waals surface area contributed by atoms with Crippen molar-refractivity contribution in [1.82, 2.24) is 5.32 Å². The van der Waals surface area contributed by atoms with Crippen LogP contribution in [-0.2, 0) is 4.74 Å². The molecule has 3 N–H and O–H groups in total. The van der Waals surface area contributed by atoms with Crippen LogP contribution in [0, 0.1) is 0 Å². The van der Waals surface area contributed by atoms with Crippen LogP contribution in [0.15, 0.2) is 31.0 Å². The van der Waals surface area contributed by atoms with Crippen LogP contribution in [0.25, 0.3) is 0 Å². The second-order valence-electron chi connectivity index (χ2n) is 3.38. The molecule has 0 aliphatic rings. The third kappa shape index (κ3) is 4.36. The van der Waals surface area contributed by atoms with Gasteiger partial charge in [0.2, 0.25) is 0 Å². The molecule has 0 aliphatic heterocycles. The normalized spacial score (nSPS) is 9.71. The van der Waals surface area contributed by atoms with E-state index in [1.165, 1.54) is 6.26 Å². The van der Waals surface area contributed by atoms with E-state index in [1.807, 2.05) is 0 Å². The Labute approximate surface area is 105 Å². The van der Waals surface area contributed by atoms with Gasteiger partial charge < -0.3 is 15.8 Å². The lowest BCUT2D eigenvalue weighted by atomic mass is 10.2. The number of amides is 1. The van der Waals surface area contributed by atoms with E-state index >= 15 is 0 Å². The Morgan fingerprint density at radius 2 is 2.35 bits per heavy atom. The van der Waals surface area contributed by atoms with Gasteiger partial charge in [-0.05, 0) is 24.6 Å². The molecule has 0 fully saturated rings. The molecule has 0 spiro atoms. The molecular weight excluding hydrogens is 240 g/mol. The molecule has 0 heterocycles. The zero-order valence-corrected chi connectivity index (χ0v) is 10.2. The molecule has 0 aliphatic carbocycles. The Hall–Kier alpha value is -1.68. The molecule has 0 bridgehead atoms. The lowest BCUT2D eigenvalue weighted by Crippen LogP contribution is -2.25. The fourth-order valence-corrected chi connectivity index (χ4v) is 1.39. The van der Waals surface area contributed by atoms with Crippen LogP contribution in [0.1, 0.15) is 16.8 Å². The van der Waals surface area contributed by atoms with E-state index < -0.39 is 0 Å². The molecule has 0 saturated carbocycles. The third-order valence-electron chi connectivity index (χ3n) is 2.11. The van der Waals surface area contributed by atoms with Crippen LogP contribution in [-0.4, -0.2) is 19.1 Å². The van der Waals surface area contributed by atoms with Crippen molar-refractivity contribution in [2.45, 2.75) is 6.42 Å². The maximum absolute atomic E-state index is 11.7. The number of rotatable bonds is 6. The summed E-state index contributed by atoms with van der Waals surface area (Å²) in [6.45, 7) is 4.49. The van der Waals surface area contributed by atoms with Gasteiger partial charge in [0, 0.05) is 12.1 Å². The standard InChI is InChI=1S/C12H15ClN2O2/c1-2-17-7-3-6-15-12(16)9-4-5-11(14)10(13)8-9/h2,4-5,8H,1,3,6-7,14H2,(H,15,16). The minimum absolute atomic E-state index is 0.175. The van der Waals surface area contributed by atoms with Crippen molar-refractivity contribution in [3.05, 3.63) is 41.6 Å². The van der Waals surface area contributed by atoms with E-state index in [9.17, 15) is 4.79 Å². The second-order valence-corrected chi connectivity index (χ2v) is 3.79. The highest BCUT2D eigenvalue weighted by atomic mass is 35.5. The highest BCUT2D eigenvalue weighted by molar-refractivity contribution is 6.33. The van der Waals surface area contributed by atoms with Crippen molar-refractivity contribution in [1.29, 1.82) is 0 Å². The number of benzene rings is 1. The first kappa shape index (κ1) is 13.4. The van der Waals surface area contributed by atoms with Crippen LogP contribution < -0.4 is 11.1 Å². The lowest BCUT2D eigenvalue weighted by molar-refractivity contribution is 0.0950. The first-order chi connectivity index (χ1) is 8.15. The summed E-state index contributed by atoms with van der Waals surface area (Å²) in [6.07, 6.45) is 2.10. The number of hydrogen-bond acceptors (Lipinski definition) is 3. The molecule has 92 valence electrons. The van der Waals surface area contributed by atoms with E-state index in [2.05, 4.69) is 11.9 Å². The van der Waals surface area contributed by atoms with E-state index in [0.29, 0.717) is 29.4 Å². The second kappa shape index (κ2) is 6.81. The molecule has 1 amide bonds. The number of carbonyl (C=O) groups is 1. The molecule has 0 aromatic heterocycles. The predicted molar refractivity (Wildman–Crippen MR) is 69.0 cm³/mol. The minimum atomic E-state index is -0.175. The van der Waals surface area contributed by atoms with Gasteiger partial charge in [0.25, 0.3) is 5.91 Å². The van der Waals surface area contributed by atoms with Gasteiger partial charge in [0.1, 0.15) is 0 Å². The molecule has 1 aromatic rings. The number of hydrogen-bond donors (Lipinski definition) is 2. The molecule has 17 heavy (non-hydrogen) atoms. The molecule has 0 atom stereocenters. The Kier molecular flexibility index (Phi) is 5.36. The fraction of sp³-hybridized carbons (Fsp3) is 0.250. The Bertz CT molecular complexity index is 407. The van der Waals surface area contributed by atoms with Gasteiger partial charge in [-0.1, -0.05) is 18.2 Å². The summed E-state index contributed by atoms with van der Waals surface area (Å²) < 4.78 is 4.93. The summed E-state index contributed by atoms with van der Waals surface area (Å²) in [5.41, 5.74) is 6.51. The summed E-state index contributed by atoms with van der Waals surface area (Å²) >= 11 is 5.82. The monoisotopic (exact) mass is 254 g/mol. The topological polar surface area (TPSA) is 64.3 Å². The number of halogens is 1. The van der Waals surface area contributed by atoms with Gasteiger partial charge in [-0.15, -0.1) is 0 Å². The zero-order valence-electron chi connectivity index (χ0n) is 9.41. The third-order valence-corrected chi connectivity index (χ3v) is 2.43. The quantitative estimate of drug-likeness (QED) is 0.465. The summed E-state index contributed by atoms with van der Waals surface area (Å²) in [6, 6.07) is 4.79. The van der Waals surface area contributed by atoms with Gasteiger partial charge in [-0.2, -0.15) is 0 Å². The van der Waals surface area contributed by atoms with E-state index in [1.54, 1.807) is 18.2 Å². The van der Waals surface area contributed by atoms with E-state index in [-0.39, 0.29) is 5.91 Å². The molecule has 1 rings (SSSR count). The zero-order chi connectivity index (χ0) is 12.7. The highest BCUT2D eigenvalue weighted by Gasteiger charge is 2.06. The number of nitrogens with two attached hydrogens (primary N) is 1. The average molecular weight is 255 g/mol. The number of ether oxygens (including phenoxy) is 1. The average Bonchev–Trinajstić information content (AvgIpc) is 2.32. The van der Waals surface area contributed by atoms with Crippen molar-refractivity contribution in [2.75, 3.05) is 18.9 Å². The van der Waals surface area contributed by atoms with Gasteiger partial charge in [-0.25, -0.2) is 0 Å². The maximum Gasteiger partial charge on any atom is 0.251 e. The number of nitrogen functional groups attached to an aromatic ring is 1. The van der Waals surface area contributed by atoms with Crippen molar-refractivity contribution in [3.63, 3.8) is 0 Å². The van der Waals surface area contributed by atoms with Crippen molar-refractivity contribution in [3.8, 4) is 0 Å². The van der Waals surface area contributed by atoms with Gasteiger partial charge in [0.15, 0.2) is 0 Å². The fourth-order valence-electron chi connectivity index (χ4n) is 1.21. The van der Waals surface area contributed by atoms with Crippen LogP contribution in [0.3, 0.4) is 0 Å². The van der Waals surface area contributed by atoms with E-state index in [4.69, 9.17) is 22.1 Å². The number of carbonyl (C=O) groups excluding carboxylic acids is 1. The van der Waals surface area contributed by atoms with Crippen molar-refractivity contribution < 1.29 is 9.53 Å². The smallest absolute Gasteiger partial charge is 0.251 e. The molecule has 4 nitrogen and oxygen atoms in total. The van der Waals surface area contributed by atoms with Crippen LogP contribution in [0.2, 0.25) is 5.02 Å². The predicted octanol–water partition coefficient (Wildman–Crippen LogP) is 2.20. The summed E-state index contributed by atoms with van der Waals surface area (Å²) in [5.74, 6) is -0.175. The largest absolute Gasteiger partial charge is 0.502 e. The molecular formula is C12H15ClN2O2. The minimum Gasteiger partial charge on any atom is -0.502 e. The van der Waals surface area contributed by atoms with Crippen molar-refractivity contribution in [2.24, 2.45) is 0 Å². The molecule has 0 saturated heterocycles.